The highest BCUT2D eigenvalue weighted by atomic mass is 16.6. The third-order valence-corrected chi connectivity index (χ3v) is 4.69. The summed E-state index contributed by atoms with van der Waals surface area (Å²) in [4.78, 5) is 52.3. The lowest BCUT2D eigenvalue weighted by atomic mass is 9.95. The van der Waals surface area contributed by atoms with Crippen LogP contribution in [-0.4, -0.2) is 64.2 Å². The Hall–Kier alpha value is -3.30. The zero-order valence-corrected chi connectivity index (χ0v) is 21.9. The minimum atomic E-state index is -1.15. The summed E-state index contributed by atoms with van der Waals surface area (Å²) in [6.45, 7) is 13.8. The predicted molar refractivity (Wildman–Crippen MR) is 131 cm³/mol. The number of benzene rings is 1. The molecule has 0 fully saturated rings. The molecule has 0 spiro atoms. The number of amides is 3. The molecule has 0 saturated carbocycles. The summed E-state index contributed by atoms with van der Waals surface area (Å²) >= 11 is 0. The van der Waals surface area contributed by atoms with Crippen molar-refractivity contribution in [3.8, 4) is 5.75 Å². The average molecular weight is 494 g/mol. The van der Waals surface area contributed by atoms with Gasteiger partial charge in [-0.05, 0) is 73.1 Å². The van der Waals surface area contributed by atoms with E-state index < -0.39 is 47.1 Å². The van der Waals surface area contributed by atoms with Gasteiger partial charge in [0.25, 0.3) is 0 Å². The Morgan fingerprint density at radius 3 is 2.23 bits per heavy atom. The van der Waals surface area contributed by atoms with Crippen LogP contribution >= 0.6 is 0 Å². The summed E-state index contributed by atoms with van der Waals surface area (Å²) in [6, 6.07) is 3.86. The number of phenolic OH excluding ortho intramolecular Hbond substituents is 1. The second-order valence-electron chi connectivity index (χ2n) is 10.1. The SMILES string of the molecule is CCOC(=O)CCNC(=O)C(c1cccc(O)c1)N(C(=O)C(C)NC(=O)OC(C)(C)C)C(C)(C)C. The highest BCUT2D eigenvalue weighted by molar-refractivity contribution is 5.92. The Morgan fingerprint density at radius 2 is 1.71 bits per heavy atom. The van der Waals surface area contributed by atoms with E-state index in [0.717, 1.165) is 0 Å². The molecule has 1 aromatic rings. The van der Waals surface area contributed by atoms with Crippen LogP contribution in [0.15, 0.2) is 24.3 Å². The van der Waals surface area contributed by atoms with Gasteiger partial charge in [-0.15, -0.1) is 0 Å². The van der Waals surface area contributed by atoms with E-state index in [-0.39, 0.29) is 25.3 Å². The van der Waals surface area contributed by atoms with Gasteiger partial charge >= 0.3 is 12.1 Å². The number of nitrogens with zero attached hydrogens (tertiary/aromatic N) is 1. The maximum Gasteiger partial charge on any atom is 0.408 e. The molecule has 2 atom stereocenters. The van der Waals surface area contributed by atoms with Gasteiger partial charge in [-0.25, -0.2) is 4.79 Å². The normalized spacial score (nSPS) is 13.3. The second-order valence-corrected chi connectivity index (χ2v) is 10.1. The highest BCUT2D eigenvalue weighted by Gasteiger charge is 2.40. The molecule has 1 aromatic carbocycles. The van der Waals surface area contributed by atoms with Crippen molar-refractivity contribution in [2.75, 3.05) is 13.2 Å². The van der Waals surface area contributed by atoms with Crippen LogP contribution in [0.5, 0.6) is 5.75 Å². The lowest BCUT2D eigenvalue weighted by molar-refractivity contribution is -0.148. The number of phenols is 1. The Kier molecular flexibility index (Phi) is 10.5. The molecule has 196 valence electrons. The van der Waals surface area contributed by atoms with Crippen LogP contribution in [0.1, 0.15) is 73.4 Å². The minimum Gasteiger partial charge on any atom is -0.508 e. The first-order chi connectivity index (χ1) is 16.1. The lowest BCUT2D eigenvalue weighted by Crippen LogP contribution is -2.58. The number of hydrogen-bond acceptors (Lipinski definition) is 7. The second kappa shape index (κ2) is 12.4. The standard InChI is InChI=1S/C25H39N3O7/c1-9-34-19(30)13-14-26-21(31)20(17-11-10-12-18(29)15-17)28(24(3,4)5)22(32)16(2)27-23(33)35-25(6,7)8/h10-12,15-16,20,29H,9,13-14H2,1-8H3,(H,26,31)(H,27,33). The molecule has 0 aliphatic rings. The smallest absolute Gasteiger partial charge is 0.408 e. The van der Waals surface area contributed by atoms with E-state index in [1.165, 1.54) is 24.0 Å². The average Bonchev–Trinajstić information content (AvgIpc) is 2.69. The van der Waals surface area contributed by atoms with Crippen molar-refractivity contribution >= 4 is 23.9 Å². The van der Waals surface area contributed by atoms with E-state index in [9.17, 15) is 24.3 Å². The molecule has 3 amide bonds. The Labute approximate surface area is 207 Å². The molecule has 0 saturated heterocycles. The molecule has 0 aliphatic heterocycles. The monoisotopic (exact) mass is 493 g/mol. The Balaban J connectivity index is 3.29. The molecule has 0 aliphatic carbocycles. The number of carbonyl (C=O) groups excluding carboxylic acids is 4. The number of nitrogens with one attached hydrogen (secondary N) is 2. The van der Waals surface area contributed by atoms with Crippen molar-refractivity contribution in [2.45, 2.75) is 85.0 Å². The van der Waals surface area contributed by atoms with E-state index in [1.54, 1.807) is 60.6 Å². The maximum atomic E-state index is 13.6. The predicted octanol–water partition coefficient (Wildman–Crippen LogP) is 3.04. The van der Waals surface area contributed by atoms with E-state index in [4.69, 9.17) is 9.47 Å². The van der Waals surface area contributed by atoms with E-state index >= 15 is 0 Å². The molecular weight excluding hydrogens is 454 g/mol. The summed E-state index contributed by atoms with van der Waals surface area (Å²) in [5, 5.41) is 15.2. The molecule has 3 N–H and O–H groups in total. The van der Waals surface area contributed by atoms with E-state index in [2.05, 4.69) is 10.6 Å². The van der Waals surface area contributed by atoms with E-state index in [0.29, 0.717) is 5.56 Å². The summed E-state index contributed by atoms with van der Waals surface area (Å²) in [5.74, 6) is -1.61. The minimum absolute atomic E-state index is 0.00483. The molecule has 2 unspecified atom stereocenters. The maximum absolute atomic E-state index is 13.6. The first-order valence-electron chi connectivity index (χ1n) is 11.6. The molecule has 0 radical (unpaired) electrons. The molecular formula is C25H39N3O7. The third kappa shape index (κ3) is 9.84. The molecule has 0 aromatic heterocycles. The van der Waals surface area contributed by atoms with Crippen molar-refractivity contribution in [3.05, 3.63) is 29.8 Å². The van der Waals surface area contributed by atoms with Gasteiger partial charge in [0.05, 0.1) is 13.0 Å². The summed E-state index contributed by atoms with van der Waals surface area (Å²) in [6.07, 6.45) is -0.799. The number of hydrogen-bond donors (Lipinski definition) is 3. The molecule has 0 heterocycles. The van der Waals surface area contributed by atoms with Crippen LogP contribution in [0.2, 0.25) is 0 Å². The van der Waals surface area contributed by atoms with Gasteiger partial charge in [0.1, 0.15) is 23.4 Å². The topological polar surface area (TPSA) is 134 Å². The molecule has 10 heteroatoms. The van der Waals surface area contributed by atoms with E-state index in [1.807, 2.05) is 0 Å². The number of rotatable bonds is 9. The van der Waals surface area contributed by atoms with Crippen LogP contribution < -0.4 is 10.6 Å². The number of alkyl carbamates (subject to hydrolysis) is 1. The highest BCUT2D eigenvalue weighted by Crippen LogP contribution is 2.31. The van der Waals surface area contributed by atoms with Crippen LogP contribution in [0.3, 0.4) is 0 Å². The number of aromatic hydroxyl groups is 1. The molecule has 10 nitrogen and oxygen atoms in total. The van der Waals surface area contributed by atoms with Gasteiger partial charge in [-0.2, -0.15) is 0 Å². The third-order valence-electron chi connectivity index (χ3n) is 4.69. The van der Waals surface area contributed by atoms with Gasteiger partial charge in [-0.3, -0.25) is 14.4 Å². The van der Waals surface area contributed by atoms with Crippen molar-refractivity contribution in [3.63, 3.8) is 0 Å². The summed E-state index contributed by atoms with van der Waals surface area (Å²) in [7, 11) is 0. The van der Waals surface area contributed by atoms with Crippen LogP contribution in [0.25, 0.3) is 0 Å². The van der Waals surface area contributed by atoms with Gasteiger partial charge in [-0.1, -0.05) is 12.1 Å². The van der Waals surface area contributed by atoms with Gasteiger partial charge < -0.3 is 30.1 Å². The zero-order chi connectivity index (χ0) is 27.0. The first-order valence-corrected chi connectivity index (χ1v) is 11.6. The Bertz CT molecular complexity index is 903. The summed E-state index contributed by atoms with van der Waals surface area (Å²) < 4.78 is 10.1. The van der Waals surface area contributed by atoms with Gasteiger partial charge in [0, 0.05) is 12.1 Å². The fraction of sp³-hybridized carbons (Fsp3) is 0.600. The van der Waals surface area contributed by atoms with Crippen molar-refractivity contribution < 1.29 is 33.8 Å². The fourth-order valence-corrected chi connectivity index (χ4v) is 3.33. The number of ether oxygens (including phenoxy) is 2. The quantitative estimate of drug-likeness (QED) is 0.450. The van der Waals surface area contributed by atoms with Crippen molar-refractivity contribution in [1.82, 2.24) is 15.5 Å². The zero-order valence-electron chi connectivity index (χ0n) is 21.9. The van der Waals surface area contributed by atoms with Crippen LogP contribution in [0, 0.1) is 0 Å². The van der Waals surface area contributed by atoms with Crippen LogP contribution in [0.4, 0.5) is 4.79 Å². The number of carbonyl (C=O) groups is 4. The fourth-order valence-electron chi connectivity index (χ4n) is 3.33. The van der Waals surface area contributed by atoms with Gasteiger partial charge in [0.2, 0.25) is 11.8 Å². The Morgan fingerprint density at radius 1 is 1.09 bits per heavy atom. The molecule has 35 heavy (non-hydrogen) atoms. The molecule has 1 rings (SSSR count). The number of esters is 1. The summed E-state index contributed by atoms with van der Waals surface area (Å²) in [5.41, 5.74) is -1.25. The largest absolute Gasteiger partial charge is 0.508 e. The lowest BCUT2D eigenvalue weighted by Gasteiger charge is -2.42. The van der Waals surface area contributed by atoms with Gasteiger partial charge in [0.15, 0.2) is 0 Å². The van der Waals surface area contributed by atoms with Crippen molar-refractivity contribution in [2.24, 2.45) is 0 Å². The van der Waals surface area contributed by atoms with Crippen molar-refractivity contribution in [1.29, 1.82) is 0 Å². The molecule has 0 bridgehead atoms. The van der Waals surface area contributed by atoms with Crippen LogP contribution in [-0.2, 0) is 23.9 Å². The first kappa shape index (κ1) is 29.7.